The van der Waals surface area contributed by atoms with Gasteiger partial charge in [0.05, 0.1) is 5.92 Å². The molecule has 0 radical (unpaired) electrons. The first kappa shape index (κ1) is 10.1. The molecule has 0 spiro atoms. The summed E-state index contributed by atoms with van der Waals surface area (Å²) in [6, 6.07) is 0. The van der Waals surface area contributed by atoms with Crippen molar-refractivity contribution in [2.24, 2.45) is 17.3 Å². The van der Waals surface area contributed by atoms with E-state index in [1.807, 2.05) is 13.8 Å². The molecule has 1 aliphatic rings. The molecule has 1 N–H and O–H groups in total. The van der Waals surface area contributed by atoms with E-state index in [2.05, 4.69) is 0 Å². The van der Waals surface area contributed by atoms with Crippen molar-refractivity contribution in [1.82, 2.24) is 0 Å². The molecule has 0 unspecified atom stereocenters. The Morgan fingerprint density at radius 2 is 2.08 bits per heavy atom. The van der Waals surface area contributed by atoms with Gasteiger partial charge in [0.1, 0.15) is 4.84 Å². The smallest absolute Gasteiger partial charge is 0.307 e. The summed E-state index contributed by atoms with van der Waals surface area (Å²) in [5.74, 6) is -0.869. The number of hydrogen-bond donors (Lipinski definition) is 1. The van der Waals surface area contributed by atoms with Crippen LogP contribution < -0.4 is 0 Å². The molecular weight excluding hydrogens is 199 g/mol. The van der Waals surface area contributed by atoms with E-state index in [4.69, 9.17) is 28.3 Å². The summed E-state index contributed by atoms with van der Waals surface area (Å²) < 4.78 is 0. The van der Waals surface area contributed by atoms with Crippen LogP contribution in [-0.2, 0) is 4.79 Å². The predicted octanol–water partition coefficient (Wildman–Crippen LogP) is 2.54. The largest absolute Gasteiger partial charge is 0.481 e. The second-order valence-corrected chi connectivity index (χ2v) is 5.15. The van der Waals surface area contributed by atoms with Crippen molar-refractivity contribution < 1.29 is 9.90 Å². The van der Waals surface area contributed by atoms with Crippen molar-refractivity contribution in [2.45, 2.75) is 25.1 Å². The number of alkyl halides is 2. The number of aliphatic carboxylic acids is 1. The lowest BCUT2D eigenvalue weighted by atomic mass is 10.1. The minimum Gasteiger partial charge on any atom is -0.481 e. The molecule has 1 rings (SSSR count). The zero-order valence-electron chi connectivity index (χ0n) is 7.05. The van der Waals surface area contributed by atoms with Gasteiger partial charge in [0, 0.05) is 0 Å². The maximum absolute atomic E-state index is 10.7. The van der Waals surface area contributed by atoms with Crippen molar-refractivity contribution in [1.29, 1.82) is 0 Å². The van der Waals surface area contributed by atoms with E-state index in [1.54, 1.807) is 0 Å². The fourth-order valence-corrected chi connectivity index (χ4v) is 2.25. The fraction of sp³-hybridized carbons (Fsp3) is 0.875. The van der Waals surface area contributed by atoms with Crippen molar-refractivity contribution in [2.75, 3.05) is 0 Å². The molecule has 1 saturated carbocycles. The third-order valence-electron chi connectivity index (χ3n) is 2.75. The van der Waals surface area contributed by atoms with E-state index in [9.17, 15) is 4.79 Å². The standard InChI is InChI=1S/C8H12Cl2O2/c1-8(2)4(3-5(9)10)6(8)7(11)12/h4-6H,3H2,1-2H3,(H,11,12)/t4-,6+/m1/s1. The van der Waals surface area contributed by atoms with Crippen molar-refractivity contribution >= 4 is 29.2 Å². The molecular formula is C8H12Cl2O2. The van der Waals surface area contributed by atoms with Crippen LogP contribution in [0, 0.1) is 17.3 Å². The summed E-state index contributed by atoms with van der Waals surface area (Å²) in [6.07, 6.45) is 0.576. The Kier molecular flexibility index (Phi) is 2.60. The number of carbonyl (C=O) groups is 1. The maximum Gasteiger partial charge on any atom is 0.307 e. The molecule has 0 heterocycles. The van der Waals surface area contributed by atoms with E-state index in [0.29, 0.717) is 6.42 Å². The van der Waals surface area contributed by atoms with Gasteiger partial charge in [-0.1, -0.05) is 13.8 Å². The summed E-state index contributed by atoms with van der Waals surface area (Å²) >= 11 is 11.2. The maximum atomic E-state index is 10.7. The summed E-state index contributed by atoms with van der Waals surface area (Å²) in [7, 11) is 0. The Balaban J connectivity index is 2.54. The highest BCUT2D eigenvalue weighted by atomic mass is 35.5. The minimum atomic E-state index is -0.737. The van der Waals surface area contributed by atoms with E-state index < -0.39 is 10.8 Å². The lowest BCUT2D eigenvalue weighted by Crippen LogP contribution is -2.03. The van der Waals surface area contributed by atoms with Crippen LogP contribution in [0.3, 0.4) is 0 Å². The van der Waals surface area contributed by atoms with Crippen LogP contribution in [-0.4, -0.2) is 15.9 Å². The lowest BCUT2D eigenvalue weighted by Gasteiger charge is -2.01. The summed E-state index contributed by atoms with van der Waals surface area (Å²) in [5, 5.41) is 8.79. The second kappa shape index (κ2) is 3.08. The highest BCUT2D eigenvalue weighted by molar-refractivity contribution is 6.44. The van der Waals surface area contributed by atoms with Crippen LogP contribution in [0.2, 0.25) is 0 Å². The molecule has 2 nitrogen and oxygen atoms in total. The van der Waals surface area contributed by atoms with Crippen molar-refractivity contribution in [3.05, 3.63) is 0 Å². The molecule has 0 aliphatic heterocycles. The number of halogens is 2. The molecule has 1 aliphatic carbocycles. The van der Waals surface area contributed by atoms with E-state index in [0.717, 1.165) is 0 Å². The lowest BCUT2D eigenvalue weighted by molar-refractivity contribution is -0.139. The molecule has 0 saturated heterocycles. The van der Waals surface area contributed by atoms with Gasteiger partial charge in [-0.15, -0.1) is 23.2 Å². The van der Waals surface area contributed by atoms with E-state index in [-0.39, 0.29) is 17.3 Å². The van der Waals surface area contributed by atoms with Gasteiger partial charge >= 0.3 is 5.97 Å². The Hall–Kier alpha value is 0.0500. The third-order valence-corrected chi connectivity index (χ3v) is 3.10. The molecule has 4 heteroatoms. The van der Waals surface area contributed by atoms with Crippen LogP contribution in [0.1, 0.15) is 20.3 Å². The summed E-state index contributed by atoms with van der Waals surface area (Å²) in [5.41, 5.74) is -0.131. The molecule has 2 atom stereocenters. The highest BCUT2D eigenvalue weighted by Crippen LogP contribution is 2.60. The molecule has 70 valence electrons. The molecule has 0 aromatic carbocycles. The zero-order chi connectivity index (χ0) is 9.52. The van der Waals surface area contributed by atoms with Crippen molar-refractivity contribution in [3.8, 4) is 0 Å². The monoisotopic (exact) mass is 210 g/mol. The third kappa shape index (κ3) is 1.69. The quantitative estimate of drug-likeness (QED) is 0.728. The average molecular weight is 211 g/mol. The van der Waals surface area contributed by atoms with Crippen LogP contribution in [0.25, 0.3) is 0 Å². The topological polar surface area (TPSA) is 37.3 Å². The number of hydrogen-bond acceptors (Lipinski definition) is 1. The molecule has 0 amide bonds. The van der Waals surface area contributed by atoms with Gasteiger partial charge in [0.25, 0.3) is 0 Å². The highest BCUT2D eigenvalue weighted by Gasteiger charge is 2.61. The summed E-state index contributed by atoms with van der Waals surface area (Å²) in [4.78, 5) is 10.2. The first-order valence-electron chi connectivity index (χ1n) is 3.88. The van der Waals surface area contributed by atoms with Crippen molar-refractivity contribution in [3.63, 3.8) is 0 Å². The Morgan fingerprint density at radius 1 is 1.58 bits per heavy atom. The Bertz CT molecular complexity index is 201. The predicted molar refractivity (Wildman–Crippen MR) is 48.5 cm³/mol. The van der Waals surface area contributed by atoms with Gasteiger partial charge in [-0.05, 0) is 17.8 Å². The van der Waals surface area contributed by atoms with Gasteiger partial charge in [-0.3, -0.25) is 4.79 Å². The first-order valence-corrected chi connectivity index (χ1v) is 4.75. The molecule has 0 aromatic rings. The van der Waals surface area contributed by atoms with Gasteiger partial charge in [0.15, 0.2) is 0 Å². The molecule has 12 heavy (non-hydrogen) atoms. The normalized spacial score (nSPS) is 32.1. The average Bonchev–Trinajstić information content (AvgIpc) is 2.32. The Labute approximate surface area is 81.9 Å². The van der Waals surface area contributed by atoms with Gasteiger partial charge in [-0.25, -0.2) is 0 Å². The minimum absolute atomic E-state index is 0.131. The molecule has 0 bridgehead atoms. The van der Waals surface area contributed by atoms with Crippen LogP contribution in [0.15, 0.2) is 0 Å². The zero-order valence-corrected chi connectivity index (χ0v) is 8.56. The molecule has 1 fully saturated rings. The van der Waals surface area contributed by atoms with Gasteiger partial charge < -0.3 is 5.11 Å². The first-order chi connectivity index (χ1) is 5.37. The van der Waals surface area contributed by atoms with Gasteiger partial charge in [0.2, 0.25) is 0 Å². The number of carboxylic acids is 1. The summed E-state index contributed by atoms with van der Waals surface area (Å²) in [6.45, 7) is 3.87. The number of rotatable bonds is 3. The van der Waals surface area contributed by atoms with Crippen LogP contribution in [0.5, 0.6) is 0 Å². The second-order valence-electron chi connectivity index (χ2n) is 3.87. The van der Waals surface area contributed by atoms with E-state index in [1.165, 1.54) is 0 Å². The fourth-order valence-electron chi connectivity index (χ4n) is 1.87. The SMILES string of the molecule is CC1(C)[C@H](CC(Cl)Cl)[C@H]1C(=O)O. The number of carboxylic acid groups (broad SMARTS) is 1. The van der Waals surface area contributed by atoms with Crippen LogP contribution >= 0.6 is 23.2 Å². The van der Waals surface area contributed by atoms with Crippen LogP contribution in [0.4, 0.5) is 0 Å². The Morgan fingerprint density at radius 3 is 2.33 bits per heavy atom. The van der Waals surface area contributed by atoms with Gasteiger partial charge in [-0.2, -0.15) is 0 Å². The molecule has 0 aromatic heterocycles. The van der Waals surface area contributed by atoms with E-state index >= 15 is 0 Å².